The lowest BCUT2D eigenvalue weighted by molar-refractivity contribution is -0.152. The molecule has 1 fully saturated rings. The van der Waals surface area contributed by atoms with Gasteiger partial charge in [0.15, 0.2) is 0 Å². The molecule has 2 rings (SSSR count). The highest BCUT2D eigenvalue weighted by Gasteiger charge is 2.36. The van der Waals surface area contributed by atoms with Gasteiger partial charge in [-0.3, -0.25) is 9.59 Å². The van der Waals surface area contributed by atoms with Gasteiger partial charge >= 0.3 is 11.9 Å². The summed E-state index contributed by atoms with van der Waals surface area (Å²) in [7, 11) is 0. The minimum atomic E-state index is -0.579. The van der Waals surface area contributed by atoms with Crippen molar-refractivity contribution in [1.82, 2.24) is 5.16 Å². The molecule has 5 heteroatoms. The van der Waals surface area contributed by atoms with Crippen LogP contribution in [0.5, 0.6) is 0 Å². The molecule has 1 aromatic rings. The summed E-state index contributed by atoms with van der Waals surface area (Å²) in [5.41, 5.74) is 0.466. The van der Waals surface area contributed by atoms with Crippen molar-refractivity contribution < 1.29 is 18.8 Å². The molecule has 1 aliphatic rings. The maximum atomic E-state index is 11.1. The molecule has 13 heavy (non-hydrogen) atoms. The highest BCUT2D eigenvalue weighted by Crippen LogP contribution is 2.26. The summed E-state index contributed by atoms with van der Waals surface area (Å²) in [6, 6.07) is 1.63. The molecule has 5 nitrogen and oxygen atoms in total. The molecule has 0 bridgehead atoms. The third-order valence-corrected chi connectivity index (χ3v) is 1.87. The van der Waals surface area contributed by atoms with Gasteiger partial charge in [0.25, 0.3) is 0 Å². The van der Waals surface area contributed by atoms with Crippen LogP contribution >= 0.6 is 0 Å². The Labute approximate surface area is 73.7 Å². The van der Waals surface area contributed by atoms with Crippen LogP contribution in [0.4, 0.5) is 0 Å². The van der Waals surface area contributed by atoms with Crippen molar-refractivity contribution in [3.8, 4) is 0 Å². The number of rotatable bonds is 1. The van der Waals surface area contributed by atoms with E-state index in [2.05, 4.69) is 9.89 Å². The maximum Gasteiger partial charge on any atom is 0.323 e. The summed E-state index contributed by atoms with van der Waals surface area (Å²) in [6.45, 7) is 1.72. The molecule has 0 spiro atoms. The van der Waals surface area contributed by atoms with Crippen molar-refractivity contribution >= 4 is 11.9 Å². The monoisotopic (exact) mass is 181 g/mol. The summed E-state index contributed by atoms with van der Waals surface area (Å²) in [5.74, 6) is -1.01. The Balaban J connectivity index is 2.27. The Hall–Kier alpha value is -1.65. The minimum Gasteiger partial charge on any atom is -0.393 e. The number of carbonyl (C=O) groups excluding carboxylic acids is 2. The molecule has 0 saturated carbocycles. The molecule has 0 radical (unpaired) electrons. The summed E-state index contributed by atoms with van der Waals surface area (Å²) in [6.07, 6.45) is 0.0603. The largest absolute Gasteiger partial charge is 0.393 e. The Morgan fingerprint density at radius 3 is 2.77 bits per heavy atom. The van der Waals surface area contributed by atoms with Crippen LogP contribution in [0.1, 0.15) is 23.8 Å². The van der Waals surface area contributed by atoms with Crippen LogP contribution in [0.3, 0.4) is 0 Å². The zero-order valence-corrected chi connectivity index (χ0v) is 6.94. The van der Waals surface area contributed by atoms with Crippen molar-refractivity contribution in [2.45, 2.75) is 19.3 Å². The van der Waals surface area contributed by atoms with Gasteiger partial charge in [0.2, 0.25) is 0 Å². The topological polar surface area (TPSA) is 69.4 Å². The fraction of sp³-hybridized carbons (Fsp3) is 0.375. The van der Waals surface area contributed by atoms with E-state index < -0.39 is 17.9 Å². The van der Waals surface area contributed by atoms with E-state index in [1.54, 1.807) is 13.0 Å². The molecule has 1 atom stereocenters. The number of hydrogen-bond donors (Lipinski definition) is 0. The molecule has 0 N–H and O–H groups in total. The Kier molecular flexibility index (Phi) is 1.65. The van der Waals surface area contributed by atoms with E-state index >= 15 is 0 Å². The number of carbonyl (C=O) groups is 2. The normalized spacial score (nSPS) is 22.1. The lowest BCUT2D eigenvalue weighted by Gasteiger charge is -1.95. The van der Waals surface area contributed by atoms with E-state index in [1.807, 2.05) is 0 Å². The molecule has 0 aliphatic carbocycles. The number of cyclic esters (lactones) is 2. The third kappa shape index (κ3) is 1.32. The van der Waals surface area contributed by atoms with Crippen molar-refractivity contribution in [2.75, 3.05) is 0 Å². The van der Waals surface area contributed by atoms with Crippen LogP contribution in [-0.4, -0.2) is 17.1 Å². The lowest BCUT2D eigenvalue weighted by Crippen LogP contribution is -2.05. The molecule has 0 aromatic carbocycles. The third-order valence-electron chi connectivity index (χ3n) is 1.87. The average molecular weight is 181 g/mol. The second-order valence-corrected chi connectivity index (χ2v) is 2.91. The molecule has 1 aliphatic heterocycles. The van der Waals surface area contributed by atoms with Crippen LogP contribution < -0.4 is 0 Å². The maximum absolute atomic E-state index is 11.1. The number of hydrogen-bond acceptors (Lipinski definition) is 5. The van der Waals surface area contributed by atoms with Gasteiger partial charge in [-0.15, -0.1) is 0 Å². The Morgan fingerprint density at radius 2 is 2.31 bits per heavy atom. The molecular formula is C8H7NO4. The van der Waals surface area contributed by atoms with Crippen LogP contribution in [-0.2, 0) is 14.3 Å². The molecule has 0 amide bonds. The van der Waals surface area contributed by atoms with Crippen LogP contribution in [0, 0.1) is 6.92 Å². The number of esters is 2. The lowest BCUT2D eigenvalue weighted by atomic mass is 10.0. The minimum absolute atomic E-state index is 0.0603. The van der Waals surface area contributed by atoms with Crippen molar-refractivity contribution in [3.05, 3.63) is 17.5 Å². The predicted molar refractivity (Wildman–Crippen MR) is 39.7 cm³/mol. The summed E-state index contributed by atoms with van der Waals surface area (Å²) in [4.78, 5) is 21.8. The first-order valence-corrected chi connectivity index (χ1v) is 3.84. The fourth-order valence-corrected chi connectivity index (χ4v) is 1.25. The Bertz CT molecular complexity index is 368. The van der Waals surface area contributed by atoms with E-state index in [-0.39, 0.29) is 6.42 Å². The van der Waals surface area contributed by atoms with E-state index in [0.717, 1.165) is 0 Å². The number of aromatic nitrogens is 1. The van der Waals surface area contributed by atoms with Crippen LogP contribution in [0.2, 0.25) is 0 Å². The summed E-state index contributed by atoms with van der Waals surface area (Å²) < 4.78 is 9.17. The number of ether oxygens (including phenoxy) is 1. The molecule has 2 heterocycles. The van der Waals surface area contributed by atoms with Gasteiger partial charge in [0.05, 0.1) is 12.1 Å². The zero-order valence-electron chi connectivity index (χ0n) is 6.94. The van der Waals surface area contributed by atoms with Gasteiger partial charge in [-0.2, -0.15) is 0 Å². The predicted octanol–water partition coefficient (Wildman–Crippen LogP) is 0.540. The van der Waals surface area contributed by atoms with Crippen LogP contribution in [0.25, 0.3) is 0 Å². The van der Waals surface area contributed by atoms with E-state index in [4.69, 9.17) is 4.52 Å². The van der Waals surface area contributed by atoms with Gasteiger partial charge in [0.1, 0.15) is 11.7 Å². The molecular weight excluding hydrogens is 174 g/mol. The van der Waals surface area contributed by atoms with Gasteiger partial charge in [-0.1, -0.05) is 5.16 Å². The quantitative estimate of drug-likeness (QED) is 0.467. The van der Waals surface area contributed by atoms with E-state index in [1.165, 1.54) is 0 Å². The van der Waals surface area contributed by atoms with E-state index in [0.29, 0.717) is 11.5 Å². The van der Waals surface area contributed by atoms with Gasteiger partial charge in [0, 0.05) is 6.07 Å². The van der Waals surface area contributed by atoms with Crippen molar-refractivity contribution in [2.24, 2.45) is 0 Å². The smallest absolute Gasteiger partial charge is 0.323 e. The molecule has 1 unspecified atom stereocenters. The highest BCUT2D eigenvalue weighted by molar-refractivity contribution is 5.97. The first-order chi connectivity index (χ1) is 6.16. The molecule has 1 aromatic heterocycles. The van der Waals surface area contributed by atoms with Gasteiger partial charge in [-0.25, -0.2) is 0 Å². The van der Waals surface area contributed by atoms with Crippen molar-refractivity contribution in [3.63, 3.8) is 0 Å². The average Bonchev–Trinajstić information content (AvgIpc) is 2.58. The highest BCUT2D eigenvalue weighted by atomic mass is 16.6. The van der Waals surface area contributed by atoms with E-state index in [9.17, 15) is 9.59 Å². The first-order valence-electron chi connectivity index (χ1n) is 3.84. The van der Waals surface area contributed by atoms with Crippen LogP contribution in [0.15, 0.2) is 10.6 Å². The second-order valence-electron chi connectivity index (χ2n) is 2.91. The summed E-state index contributed by atoms with van der Waals surface area (Å²) in [5, 5.41) is 3.65. The first kappa shape index (κ1) is 7.97. The van der Waals surface area contributed by atoms with Gasteiger partial charge < -0.3 is 9.26 Å². The number of nitrogens with zero attached hydrogens (tertiary/aromatic N) is 1. The fourth-order valence-electron chi connectivity index (χ4n) is 1.25. The zero-order chi connectivity index (χ0) is 9.42. The Morgan fingerprint density at radius 1 is 1.54 bits per heavy atom. The number of aryl methyl sites for hydroxylation is 1. The second kappa shape index (κ2) is 2.69. The SMILES string of the molecule is Cc1cc(C2CC(=O)OC2=O)no1. The molecule has 1 saturated heterocycles. The van der Waals surface area contributed by atoms with Crippen molar-refractivity contribution in [1.29, 1.82) is 0 Å². The summed E-state index contributed by atoms with van der Waals surface area (Å²) >= 11 is 0. The van der Waals surface area contributed by atoms with Gasteiger partial charge in [-0.05, 0) is 6.92 Å². The molecule has 68 valence electrons. The standard InChI is InChI=1S/C8H7NO4/c1-4-2-6(9-13-4)5-3-7(10)12-8(5)11/h2,5H,3H2,1H3.